The highest BCUT2D eigenvalue weighted by Crippen LogP contribution is 2.21. The summed E-state index contributed by atoms with van der Waals surface area (Å²) >= 11 is 0. The number of aliphatic imine (C=N–C) groups is 2. The standard InChI is InChI=1S/C12H14N6O/c1-6-4-10(19)17-9-3-2-7(5-8(6)9)16-12(15)18-11(13)14/h2-5H,1H3,(H,17,19)(H6,13,14,15,16,18). The maximum Gasteiger partial charge on any atom is 0.248 e. The number of nitrogens with zero attached hydrogens (tertiary/aromatic N) is 2. The van der Waals surface area contributed by atoms with Crippen LogP contribution in [0.25, 0.3) is 10.9 Å². The van der Waals surface area contributed by atoms with Gasteiger partial charge in [0.2, 0.25) is 11.5 Å². The molecule has 0 aliphatic heterocycles. The molecule has 0 amide bonds. The second-order valence-electron chi connectivity index (χ2n) is 4.05. The number of guanidine groups is 2. The van der Waals surface area contributed by atoms with Crippen LogP contribution in [-0.4, -0.2) is 16.9 Å². The molecule has 0 fully saturated rings. The van der Waals surface area contributed by atoms with Crippen LogP contribution in [0.3, 0.4) is 0 Å². The van der Waals surface area contributed by atoms with Crippen molar-refractivity contribution in [2.75, 3.05) is 0 Å². The summed E-state index contributed by atoms with van der Waals surface area (Å²) in [6.07, 6.45) is 0. The van der Waals surface area contributed by atoms with E-state index in [-0.39, 0.29) is 17.5 Å². The molecule has 0 saturated heterocycles. The van der Waals surface area contributed by atoms with E-state index in [2.05, 4.69) is 15.0 Å². The Balaban J connectivity index is 2.54. The van der Waals surface area contributed by atoms with Gasteiger partial charge in [-0.2, -0.15) is 4.99 Å². The van der Waals surface area contributed by atoms with Crippen molar-refractivity contribution in [2.45, 2.75) is 6.92 Å². The summed E-state index contributed by atoms with van der Waals surface area (Å²) in [6.45, 7) is 1.85. The molecule has 0 aliphatic rings. The fraction of sp³-hybridized carbons (Fsp3) is 0.0833. The normalized spacial score (nSPS) is 11.5. The molecule has 7 N–H and O–H groups in total. The molecule has 0 unspecified atom stereocenters. The monoisotopic (exact) mass is 258 g/mol. The highest BCUT2D eigenvalue weighted by atomic mass is 16.1. The predicted octanol–water partition coefficient (Wildman–Crippen LogP) is 0.0561. The van der Waals surface area contributed by atoms with Crippen LogP contribution in [0, 0.1) is 6.92 Å². The summed E-state index contributed by atoms with van der Waals surface area (Å²) < 4.78 is 0. The SMILES string of the molecule is Cc1cc(=O)[nH]c2ccc(N=C(N)N=C(N)N)cc12. The van der Waals surface area contributed by atoms with Crippen molar-refractivity contribution >= 4 is 28.5 Å². The van der Waals surface area contributed by atoms with E-state index in [1.54, 1.807) is 18.2 Å². The van der Waals surface area contributed by atoms with Crippen LogP contribution < -0.4 is 22.8 Å². The average Bonchev–Trinajstić information content (AvgIpc) is 2.28. The van der Waals surface area contributed by atoms with E-state index >= 15 is 0 Å². The highest BCUT2D eigenvalue weighted by Gasteiger charge is 2.01. The Morgan fingerprint density at radius 1 is 1.21 bits per heavy atom. The zero-order chi connectivity index (χ0) is 14.0. The van der Waals surface area contributed by atoms with Crippen LogP contribution in [0.1, 0.15) is 5.56 Å². The summed E-state index contributed by atoms with van der Waals surface area (Å²) in [5, 5.41) is 0.887. The van der Waals surface area contributed by atoms with Crippen molar-refractivity contribution in [3.63, 3.8) is 0 Å². The van der Waals surface area contributed by atoms with Crippen molar-refractivity contribution in [1.82, 2.24) is 4.98 Å². The fourth-order valence-corrected chi connectivity index (χ4v) is 1.77. The summed E-state index contributed by atoms with van der Waals surface area (Å²) in [7, 11) is 0. The van der Waals surface area contributed by atoms with E-state index in [0.29, 0.717) is 5.69 Å². The Bertz CT molecular complexity index is 739. The molecular weight excluding hydrogens is 244 g/mol. The van der Waals surface area contributed by atoms with Crippen LogP contribution in [-0.2, 0) is 0 Å². The number of aromatic amines is 1. The van der Waals surface area contributed by atoms with Gasteiger partial charge in [0.25, 0.3) is 0 Å². The van der Waals surface area contributed by atoms with Gasteiger partial charge in [-0.3, -0.25) is 4.79 Å². The van der Waals surface area contributed by atoms with Crippen molar-refractivity contribution in [1.29, 1.82) is 0 Å². The lowest BCUT2D eigenvalue weighted by Gasteiger charge is -2.03. The van der Waals surface area contributed by atoms with Crippen molar-refractivity contribution < 1.29 is 0 Å². The van der Waals surface area contributed by atoms with Crippen LogP contribution >= 0.6 is 0 Å². The average molecular weight is 258 g/mol. The highest BCUT2D eigenvalue weighted by molar-refractivity contribution is 5.94. The molecule has 0 atom stereocenters. The number of hydrogen-bond acceptors (Lipinski definition) is 2. The predicted molar refractivity (Wildman–Crippen MR) is 76.4 cm³/mol. The van der Waals surface area contributed by atoms with Gasteiger partial charge < -0.3 is 22.2 Å². The second-order valence-corrected chi connectivity index (χ2v) is 4.05. The lowest BCUT2D eigenvalue weighted by molar-refractivity contribution is 1.27. The molecule has 0 radical (unpaired) electrons. The maximum absolute atomic E-state index is 11.3. The van der Waals surface area contributed by atoms with E-state index in [4.69, 9.17) is 17.2 Å². The first-order chi connectivity index (χ1) is 8.95. The summed E-state index contributed by atoms with van der Waals surface area (Å²) in [5.41, 5.74) is 18.0. The zero-order valence-electron chi connectivity index (χ0n) is 10.3. The van der Waals surface area contributed by atoms with Gasteiger partial charge in [0.1, 0.15) is 0 Å². The number of H-pyrrole nitrogens is 1. The molecular formula is C12H14N6O. The number of nitrogens with two attached hydrogens (primary N) is 3. The smallest absolute Gasteiger partial charge is 0.248 e. The van der Waals surface area contributed by atoms with Gasteiger partial charge in [-0.25, -0.2) is 4.99 Å². The number of pyridine rings is 1. The largest absolute Gasteiger partial charge is 0.370 e. The van der Waals surface area contributed by atoms with Gasteiger partial charge in [-0.1, -0.05) is 0 Å². The first kappa shape index (κ1) is 12.6. The third-order valence-electron chi connectivity index (χ3n) is 2.52. The quantitative estimate of drug-likeness (QED) is 0.424. The molecule has 2 rings (SSSR count). The Morgan fingerprint density at radius 2 is 1.95 bits per heavy atom. The van der Waals surface area contributed by atoms with Crippen LogP contribution in [0.2, 0.25) is 0 Å². The van der Waals surface area contributed by atoms with Gasteiger partial charge in [0.15, 0.2) is 5.96 Å². The molecule has 1 aromatic heterocycles. The molecule has 2 aromatic rings. The minimum atomic E-state index is -0.150. The Hall–Kier alpha value is -2.83. The lowest BCUT2D eigenvalue weighted by atomic mass is 10.1. The topological polar surface area (TPSA) is 136 Å². The van der Waals surface area contributed by atoms with Crippen LogP contribution in [0.15, 0.2) is 39.0 Å². The Labute approximate surface area is 108 Å². The van der Waals surface area contributed by atoms with Crippen molar-refractivity contribution in [3.8, 4) is 0 Å². The minimum Gasteiger partial charge on any atom is -0.370 e. The number of hydrogen-bond donors (Lipinski definition) is 4. The maximum atomic E-state index is 11.3. The number of benzene rings is 1. The van der Waals surface area contributed by atoms with Crippen LogP contribution in [0.5, 0.6) is 0 Å². The Morgan fingerprint density at radius 3 is 2.63 bits per heavy atom. The lowest BCUT2D eigenvalue weighted by Crippen LogP contribution is -2.26. The molecule has 0 saturated carbocycles. The molecule has 7 heteroatoms. The van der Waals surface area contributed by atoms with E-state index in [0.717, 1.165) is 16.5 Å². The summed E-state index contributed by atoms with van der Waals surface area (Å²) in [4.78, 5) is 21.8. The van der Waals surface area contributed by atoms with Gasteiger partial charge in [-0.15, -0.1) is 0 Å². The first-order valence-corrected chi connectivity index (χ1v) is 5.53. The molecule has 0 aliphatic carbocycles. The number of nitrogens with one attached hydrogen (secondary N) is 1. The van der Waals surface area contributed by atoms with Crippen molar-refractivity contribution in [2.24, 2.45) is 27.2 Å². The van der Waals surface area contributed by atoms with Crippen molar-refractivity contribution in [3.05, 3.63) is 40.2 Å². The first-order valence-electron chi connectivity index (χ1n) is 5.53. The number of rotatable bonds is 1. The molecule has 19 heavy (non-hydrogen) atoms. The molecule has 7 nitrogen and oxygen atoms in total. The zero-order valence-corrected chi connectivity index (χ0v) is 10.3. The molecule has 98 valence electrons. The Kier molecular flexibility index (Phi) is 3.19. The van der Waals surface area contributed by atoms with Gasteiger partial charge >= 0.3 is 0 Å². The minimum absolute atomic E-state index is 0.0265. The molecule has 0 bridgehead atoms. The third kappa shape index (κ3) is 2.89. The number of aromatic nitrogens is 1. The van der Waals surface area contributed by atoms with Crippen LogP contribution in [0.4, 0.5) is 5.69 Å². The third-order valence-corrected chi connectivity index (χ3v) is 2.52. The molecule has 1 aromatic carbocycles. The fourth-order valence-electron chi connectivity index (χ4n) is 1.77. The van der Waals surface area contributed by atoms with E-state index in [9.17, 15) is 4.79 Å². The van der Waals surface area contributed by atoms with E-state index in [1.807, 2.05) is 6.92 Å². The molecule has 1 heterocycles. The molecule has 0 spiro atoms. The van der Waals surface area contributed by atoms with E-state index in [1.165, 1.54) is 6.07 Å². The number of fused-ring (bicyclic) bond motifs is 1. The van der Waals surface area contributed by atoms with Gasteiger partial charge in [0, 0.05) is 17.0 Å². The second kappa shape index (κ2) is 4.81. The van der Waals surface area contributed by atoms with Gasteiger partial charge in [-0.05, 0) is 30.7 Å². The summed E-state index contributed by atoms with van der Waals surface area (Å²) in [6, 6.07) is 6.79. The number of aryl methyl sites for hydroxylation is 1. The van der Waals surface area contributed by atoms with Gasteiger partial charge in [0.05, 0.1) is 5.69 Å². The summed E-state index contributed by atoms with van der Waals surface area (Å²) in [5.74, 6) is -0.177. The van der Waals surface area contributed by atoms with E-state index < -0.39 is 0 Å².